The maximum atomic E-state index is 12.8. The first kappa shape index (κ1) is 23.5. The molecule has 172 valence electrons. The number of aromatic nitrogens is 3. The van der Waals surface area contributed by atoms with E-state index in [0.717, 1.165) is 55.8 Å². The lowest BCUT2D eigenvalue weighted by Crippen LogP contribution is -2.49. The van der Waals surface area contributed by atoms with Gasteiger partial charge >= 0.3 is 0 Å². The van der Waals surface area contributed by atoms with E-state index < -0.39 is 0 Å². The number of nitrogens with zero attached hydrogens (tertiary/aromatic N) is 5. The van der Waals surface area contributed by atoms with E-state index in [-0.39, 0.29) is 5.91 Å². The molecule has 1 amide bonds. The molecule has 1 aliphatic heterocycles. The molecule has 0 unspecified atom stereocenters. The molecule has 6 nitrogen and oxygen atoms in total. The number of carbonyl (C=O) groups is 1. The third-order valence-electron chi connectivity index (χ3n) is 5.64. The van der Waals surface area contributed by atoms with E-state index in [4.69, 9.17) is 11.6 Å². The summed E-state index contributed by atoms with van der Waals surface area (Å²) in [5.41, 5.74) is 2.13. The highest BCUT2D eigenvalue weighted by Crippen LogP contribution is 2.26. The Balaban J connectivity index is 1.26. The summed E-state index contributed by atoms with van der Waals surface area (Å²) in [6.07, 6.45) is 4.34. The Morgan fingerprint density at radius 3 is 2.58 bits per heavy atom. The van der Waals surface area contributed by atoms with E-state index in [1.807, 2.05) is 51.9 Å². The van der Waals surface area contributed by atoms with Crippen molar-refractivity contribution in [2.45, 2.75) is 18.6 Å². The molecule has 0 N–H and O–H groups in total. The van der Waals surface area contributed by atoms with Crippen molar-refractivity contribution in [1.29, 1.82) is 0 Å². The quantitative estimate of drug-likeness (QED) is 0.441. The van der Waals surface area contributed by atoms with Crippen molar-refractivity contribution in [1.82, 2.24) is 24.6 Å². The lowest BCUT2D eigenvalue weighted by atomic mass is 10.2. The van der Waals surface area contributed by atoms with E-state index in [1.54, 1.807) is 0 Å². The first-order chi connectivity index (χ1) is 16.1. The molecule has 2 aromatic carbocycles. The van der Waals surface area contributed by atoms with Crippen LogP contribution in [0.3, 0.4) is 0 Å². The van der Waals surface area contributed by atoms with Gasteiger partial charge in [-0.1, -0.05) is 78.0 Å². The van der Waals surface area contributed by atoms with Gasteiger partial charge in [0.1, 0.15) is 0 Å². The predicted octanol–water partition coefficient (Wildman–Crippen LogP) is 4.57. The molecule has 2 heterocycles. The topological polar surface area (TPSA) is 54.3 Å². The van der Waals surface area contributed by atoms with Gasteiger partial charge in [-0.15, -0.1) is 10.2 Å². The van der Waals surface area contributed by atoms with Gasteiger partial charge in [0.2, 0.25) is 5.91 Å². The number of thioether (sulfide) groups is 1. The molecule has 0 atom stereocenters. The number of halogens is 1. The van der Waals surface area contributed by atoms with Crippen molar-refractivity contribution in [2.75, 3.05) is 38.5 Å². The molecular formula is C25H28ClN5OS. The molecule has 33 heavy (non-hydrogen) atoms. The van der Waals surface area contributed by atoms with Gasteiger partial charge in [0.05, 0.1) is 5.75 Å². The predicted molar refractivity (Wildman–Crippen MR) is 135 cm³/mol. The summed E-state index contributed by atoms with van der Waals surface area (Å²) in [6, 6.07) is 17.9. The molecule has 0 radical (unpaired) electrons. The standard InChI is InChI=1S/C25H28ClN5OS/c1-2-31-24(21-11-6-12-22(26)18-21)27-28-25(31)33-19-23(32)30-16-14-29(15-17-30)13-7-10-20-8-4-3-5-9-20/h3-12,18H,2,13-17,19H2,1H3. The van der Waals surface area contributed by atoms with E-state index >= 15 is 0 Å². The van der Waals surface area contributed by atoms with E-state index in [0.29, 0.717) is 10.8 Å². The highest BCUT2D eigenvalue weighted by Gasteiger charge is 2.22. The zero-order chi connectivity index (χ0) is 23.0. The van der Waals surface area contributed by atoms with Crippen LogP contribution in [-0.2, 0) is 11.3 Å². The van der Waals surface area contributed by atoms with Gasteiger partial charge in [0.15, 0.2) is 11.0 Å². The Kier molecular flexibility index (Phi) is 8.20. The van der Waals surface area contributed by atoms with Crippen LogP contribution in [0.1, 0.15) is 12.5 Å². The van der Waals surface area contributed by atoms with Crippen molar-refractivity contribution in [2.24, 2.45) is 0 Å². The second kappa shape index (κ2) is 11.5. The minimum Gasteiger partial charge on any atom is -0.339 e. The molecular weight excluding hydrogens is 454 g/mol. The van der Waals surface area contributed by atoms with Gasteiger partial charge < -0.3 is 9.47 Å². The van der Waals surface area contributed by atoms with Crippen molar-refractivity contribution < 1.29 is 4.79 Å². The monoisotopic (exact) mass is 481 g/mol. The molecule has 1 aromatic heterocycles. The Morgan fingerprint density at radius 1 is 1.06 bits per heavy atom. The molecule has 0 saturated carbocycles. The molecule has 0 aliphatic carbocycles. The SMILES string of the molecule is CCn1c(SCC(=O)N2CCN(CC=Cc3ccccc3)CC2)nnc1-c1cccc(Cl)c1. The van der Waals surface area contributed by atoms with Crippen LogP contribution in [-0.4, -0.2) is 68.9 Å². The molecule has 4 rings (SSSR count). The van der Waals surface area contributed by atoms with Crippen molar-refractivity contribution in [3.63, 3.8) is 0 Å². The lowest BCUT2D eigenvalue weighted by molar-refractivity contribution is -0.130. The Bertz CT molecular complexity index is 1090. The third-order valence-corrected chi connectivity index (χ3v) is 6.83. The first-order valence-electron chi connectivity index (χ1n) is 11.2. The zero-order valence-electron chi connectivity index (χ0n) is 18.7. The minimum absolute atomic E-state index is 0.148. The van der Waals surface area contributed by atoms with Gasteiger partial charge in [0.25, 0.3) is 0 Å². The fraction of sp³-hybridized carbons (Fsp3) is 0.320. The molecule has 0 bridgehead atoms. The van der Waals surface area contributed by atoms with Crippen LogP contribution in [0.5, 0.6) is 0 Å². The highest BCUT2D eigenvalue weighted by atomic mass is 35.5. The van der Waals surface area contributed by atoms with Crippen LogP contribution in [0.15, 0.2) is 65.8 Å². The van der Waals surface area contributed by atoms with Gasteiger partial charge in [0, 0.05) is 49.9 Å². The summed E-state index contributed by atoms with van der Waals surface area (Å²) in [5.74, 6) is 1.28. The summed E-state index contributed by atoms with van der Waals surface area (Å²) >= 11 is 7.58. The Labute approximate surface area is 204 Å². The fourth-order valence-corrected chi connectivity index (χ4v) is 4.92. The molecule has 1 fully saturated rings. The van der Waals surface area contributed by atoms with Gasteiger partial charge in [-0.2, -0.15) is 0 Å². The van der Waals surface area contributed by atoms with Crippen LogP contribution in [0, 0.1) is 0 Å². The summed E-state index contributed by atoms with van der Waals surface area (Å²) < 4.78 is 2.03. The third kappa shape index (κ3) is 6.25. The number of amides is 1. The number of hydrogen-bond donors (Lipinski definition) is 0. The van der Waals surface area contributed by atoms with Crippen molar-refractivity contribution in [3.05, 3.63) is 71.3 Å². The van der Waals surface area contributed by atoms with Crippen LogP contribution in [0.2, 0.25) is 5.02 Å². The minimum atomic E-state index is 0.148. The lowest BCUT2D eigenvalue weighted by Gasteiger charge is -2.34. The summed E-state index contributed by atoms with van der Waals surface area (Å²) in [5, 5.41) is 10.1. The van der Waals surface area contributed by atoms with E-state index in [1.165, 1.54) is 17.3 Å². The molecule has 1 saturated heterocycles. The Hall–Kier alpha value is -2.61. The van der Waals surface area contributed by atoms with E-state index in [2.05, 4.69) is 46.3 Å². The normalized spacial score (nSPS) is 14.8. The number of carbonyl (C=O) groups excluding carboxylic acids is 1. The van der Waals surface area contributed by atoms with Gasteiger partial charge in [-0.05, 0) is 24.6 Å². The maximum absolute atomic E-state index is 12.8. The maximum Gasteiger partial charge on any atom is 0.233 e. The largest absolute Gasteiger partial charge is 0.339 e. The number of benzene rings is 2. The average Bonchev–Trinajstić information content (AvgIpc) is 3.26. The van der Waals surface area contributed by atoms with Crippen LogP contribution >= 0.6 is 23.4 Å². The van der Waals surface area contributed by atoms with Crippen LogP contribution in [0.25, 0.3) is 17.5 Å². The van der Waals surface area contributed by atoms with Crippen molar-refractivity contribution >= 4 is 35.3 Å². The highest BCUT2D eigenvalue weighted by molar-refractivity contribution is 7.99. The molecule has 8 heteroatoms. The number of rotatable bonds is 8. The number of hydrogen-bond acceptors (Lipinski definition) is 5. The average molecular weight is 482 g/mol. The van der Waals surface area contributed by atoms with Crippen LogP contribution in [0.4, 0.5) is 0 Å². The Morgan fingerprint density at radius 2 is 1.85 bits per heavy atom. The smallest absolute Gasteiger partial charge is 0.233 e. The van der Waals surface area contributed by atoms with Gasteiger partial charge in [-0.25, -0.2) is 0 Å². The molecule has 3 aromatic rings. The molecule has 1 aliphatic rings. The van der Waals surface area contributed by atoms with Crippen molar-refractivity contribution in [3.8, 4) is 11.4 Å². The summed E-state index contributed by atoms with van der Waals surface area (Å²) in [6.45, 7) is 6.96. The molecule has 0 spiro atoms. The summed E-state index contributed by atoms with van der Waals surface area (Å²) in [7, 11) is 0. The fourth-order valence-electron chi connectivity index (χ4n) is 3.82. The zero-order valence-corrected chi connectivity index (χ0v) is 20.3. The summed E-state index contributed by atoms with van der Waals surface area (Å²) in [4.78, 5) is 17.1. The van der Waals surface area contributed by atoms with Gasteiger partial charge in [-0.3, -0.25) is 9.69 Å². The van der Waals surface area contributed by atoms with E-state index in [9.17, 15) is 4.79 Å². The number of piperazine rings is 1. The second-order valence-corrected chi connectivity index (χ2v) is 9.22. The van der Waals surface area contributed by atoms with Crippen LogP contribution < -0.4 is 0 Å². The second-order valence-electron chi connectivity index (χ2n) is 7.84. The first-order valence-corrected chi connectivity index (χ1v) is 12.5.